The Labute approximate surface area is 119 Å². The predicted molar refractivity (Wildman–Crippen MR) is 74.9 cm³/mol. The Kier molecular flexibility index (Phi) is 4.84. The van der Waals surface area contributed by atoms with E-state index in [2.05, 4.69) is 5.32 Å². The van der Waals surface area contributed by atoms with Crippen LogP contribution in [-0.4, -0.2) is 32.3 Å². The molecule has 5 heteroatoms. The first-order chi connectivity index (χ1) is 9.61. The van der Waals surface area contributed by atoms with Crippen molar-refractivity contribution in [3.8, 4) is 11.5 Å². The second-order valence-electron chi connectivity index (χ2n) is 5.10. The van der Waals surface area contributed by atoms with Gasteiger partial charge < -0.3 is 19.5 Å². The van der Waals surface area contributed by atoms with Crippen molar-refractivity contribution in [3.05, 3.63) is 23.8 Å². The minimum Gasteiger partial charge on any atom is -0.486 e. The van der Waals surface area contributed by atoms with Gasteiger partial charge >= 0.3 is 5.97 Å². The van der Waals surface area contributed by atoms with Crippen molar-refractivity contribution < 1.29 is 19.0 Å². The number of methoxy groups -OCH3 is 1. The van der Waals surface area contributed by atoms with Crippen LogP contribution in [0, 0.1) is 5.92 Å². The molecule has 1 aliphatic rings. The number of esters is 1. The monoisotopic (exact) mass is 279 g/mol. The van der Waals surface area contributed by atoms with Gasteiger partial charge in [0.15, 0.2) is 11.5 Å². The third-order valence-corrected chi connectivity index (χ3v) is 3.25. The Morgan fingerprint density at radius 2 is 2.00 bits per heavy atom. The van der Waals surface area contributed by atoms with Crippen LogP contribution in [-0.2, 0) is 16.1 Å². The molecule has 110 valence electrons. The molecule has 0 bridgehead atoms. The maximum absolute atomic E-state index is 11.7. The molecule has 0 fully saturated rings. The Hall–Kier alpha value is -1.75. The van der Waals surface area contributed by atoms with Gasteiger partial charge in [-0.05, 0) is 23.6 Å². The van der Waals surface area contributed by atoms with Crippen molar-refractivity contribution in [2.75, 3.05) is 20.3 Å². The number of nitrogens with one attached hydrogen (secondary N) is 1. The molecular formula is C15H21NO4. The molecule has 2 rings (SSSR count). The molecule has 5 nitrogen and oxygen atoms in total. The first-order valence-corrected chi connectivity index (χ1v) is 6.81. The van der Waals surface area contributed by atoms with E-state index in [1.54, 1.807) is 0 Å². The second kappa shape index (κ2) is 6.61. The lowest BCUT2D eigenvalue weighted by Crippen LogP contribution is -2.41. The van der Waals surface area contributed by atoms with E-state index >= 15 is 0 Å². The molecule has 1 heterocycles. The van der Waals surface area contributed by atoms with Gasteiger partial charge in [-0.25, -0.2) is 0 Å². The maximum Gasteiger partial charge on any atom is 0.323 e. The largest absolute Gasteiger partial charge is 0.486 e. The van der Waals surface area contributed by atoms with Gasteiger partial charge in [0.25, 0.3) is 0 Å². The van der Waals surface area contributed by atoms with Gasteiger partial charge in [-0.15, -0.1) is 0 Å². The summed E-state index contributed by atoms with van der Waals surface area (Å²) in [6.07, 6.45) is 0. The number of benzene rings is 1. The zero-order chi connectivity index (χ0) is 14.5. The summed E-state index contributed by atoms with van der Waals surface area (Å²) in [7, 11) is 1.41. The van der Waals surface area contributed by atoms with E-state index in [4.69, 9.17) is 14.2 Å². The summed E-state index contributed by atoms with van der Waals surface area (Å²) in [5.74, 6) is 1.46. The van der Waals surface area contributed by atoms with Gasteiger partial charge in [0.2, 0.25) is 0 Å². The molecule has 0 aromatic heterocycles. The van der Waals surface area contributed by atoms with Crippen LogP contribution >= 0.6 is 0 Å². The van der Waals surface area contributed by atoms with E-state index in [1.807, 2.05) is 32.0 Å². The summed E-state index contributed by atoms with van der Waals surface area (Å²) in [5, 5.41) is 3.22. The molecule has 0 aliphatic carbocycles. The molecule has 1 N–H and O–H groups in total. The van der Waals surface area contributed by atoms with Crippen molar-refractivity contribution in [2.45, 2.75) is 26.4 Å². The van der Waals surface area contributed by atoms with E-state index < -0.39 is 0 Å². The molecule has 0 saturated heterocycles. The molecule has 1 atom stereocenters. The third-order valence-electron chi connectivity index (χ3n) is 3.25. The smallest absolute Gasteiger partial charge is 0.323 e. The fraction of sp³-hybridized carbons (Fsp3) is 0.533. The summed E-state index contributed by atoms with van der Waals surface area (Å²) in [5.41, 5.74) is 1.05. The first kappa shape index (κ1) is 14.7. The van der Waals surface area contributed by atoms with Crippen molar-refractivity contribution in [1.82, 2.24) is 5.32 Å². The van der Waals surface area contributed by atoms with E-state index in [9.17, 15) is 4.79 Å². The standard InChI is InChI=1S/C15H21NO4/c1-10(2)14(15(17)18-3)16-9-11-4-5-12-13(8-11)20-7-6-19-12/h4-5,8,10,14,16H,6-7,9H2,1-3H3/t14-/m0/s1. The lowest BCUT2D eigenvalue weighted by Gasteiger charge is -2.21. The fourth-order valence-electron chi connectivity index (χ4n) is 2.14. The van der Waals surface area contributed by atoms with Gasteiger partial charge in [-0.2, -0.15) is 0 Å². The summed E-state index contributed by atoms with van der Waals surface area (Å²) >= 11 is 0. The van der Waals surface area contributed by atoms with E-state index in [-0.39, 0.29) is 17.9 Å². The van der Waals surface area contributed by atoms with Crippen LogP contribution in [0.1, 0.15) is 19.4 Å². The van der Waals surface area contributed by atoms with E-state index in [0.717, 1.165) is 17.1 Å². The highest BCUT2D eigenvalue weighted by Gasteiger charge is 2.22. The average Bonchev–Trinajstić information content (AvgIpc) is 2.46. The lowest BCUT2D eigenvalue weighted by molar-refractivity contribution is -0.144. The van der Waals surface area contributed by atoms with Crippen molar-refractivity contribution in [1.29, 1.82) is 0 Å². The summed E-state index contributed by atoms with van der Waals surface area (Å²) in [6.45, 7) is 5.70. The maximum atomic E-state index is 11.7. The van der Waals surface area contributed by atoms with E-state index in [1.165, 1.54) is 7.11 Å². The fourth-order valence-corrected chi connectivity index (χ4v) is 2.14. The van der Waals surface area contributed by atoms with Crippen LogP contribution in [0.25, 0.3) is 0 Å². The highest BCUT2D eigenvalue weighted by atomic mass is 16.6. The normalized spacial score (nSPS) is 15.0. The molecule has 1 aromatic rings. The number of carbonyl (C=O) groups is 1. The van der Waals surface area contributed by atoms with Crippen LogP contribution in [0.3, 0.4) is 0 Å². The minimum atomic E-state index is -0.312. The molecule has 0 amide bonds. The molecule has 1 aliphatic heterocycles. The Morgan fingerprint density at radius 1 is 1.30 bits per heavy atom. The van der Waals surface area contributed by atoms with Gasteiger partial charge in [-0.3, -0.25) is 4.79 Å². The van der Waals surface area contributed by atoms with Gasteiger partial charge in [-0.1, -0.05) is 19.9 Å². The summed E-state index contributed by atoms with van der Waals surface area (Å²) in [6, 6.07) is 5.49. The van der Waals surface area contributed by atoms with Gasteiger partial charge in [0.1, 0.15) is 19.3 Å². The average molecular weight is 279 g/mol. The zero-order valence-electron chi connectivity index (χ0n) is 12.1. The van der Waals surface area contributed by atoms with Crippen LogP contribution < -0.4 is 14.8 Å². The number of hydrogen-bond acceptors (Lipinski definition) is 5. The summed E-state index contributed by atoms with van der Waals surface area (Å²) in [4.78, 5) is 11.7. The van der Waals surface area contributed by atoms with Gasteiger partial charge in [0, 0.05) is 6.54 Å². The van der Waals surface area contributed by atoms with Crippen LogP contribution in [0.2, 0.25) is 0 Å². The van der Waals surface area contributed by atoms with E-state index in [0.29, 0.717) is 19.8 Å². The molecule has 20 heavy (non-hydrogen) atoms. The molecule has 1 aromatic carbocycles. The van der Waals surface area contributed by atoms with Crippen molar-refractivity contribution in [3.63, 3.8) is 0 Å². The van der Waals surface area contributed by atoms with Crippen LogP contribution in [0.15, 0.2) is 18.2 Å². The minimum absolute atomic E-state index is 0.166. The number of carbonyl (C=O) groups excluding carboxylic acids is 1. The van der Waals surface area contributed by atoms with Crippen LogP contribution in [0.4, 0.5) is 0 Å². The topological polar surface area (TPSA) is 56.8 Å². The Bertz CT molecular complexity index is 473. The molecular weight excluding hydrogens is 258 g/mol. The first-order valence-electron chi connectivity index (χ1n) is 6.81. The number of rotatable bonds is 5. The molecule has 0 radical (unpaired) electrons. The molecule has 0 saturated carbocycles. The number of fused-ring (bicyclic) bond motifs is 1. The SMILES string of the molecule is COC(=O)[C@@H](NCc1ccc2c(c1)OCCO2)C(C)C. The lowest BCUT2D eigenvalue weighted by atomic mass is 10.0. The Balaban J connectivity index is 2.01. The summed E-state index contributed by atoms with van der Waals surface area (Å²) < 4.78 is 15.8. The van der Waals surface area contributed by atoms with Crippen molar-refractivity contribution in [2.24, 2.45) is 5.92 Å². The Morgan fingerprint density at radius 3 is 2.65 bits per heavy atom. The second-order valence-corrected chi connectivity index (χ2v) is 5.10. The highest BCUT2D eigenvalue weighted by Crippen LogP contribution is 2.30. The van der Waals surface area contributed by atoms with Gasteiger partial charge in [0.05, 0.1) is 7.11 Å². The van der Waals surface area contributed by atoms with Crippen LogP contribution in [0.5, 0.6) is 11.5 Å². The zero-order valence-corrected chi connectivity index (χ0v) is 12.1. The third kappa shape index (κ3) is 3.42. The van der Waals surface area contributed by atoms with Crippen molar-refractivity contribution >= 4 is 5.97 Å². The molecule has 0 unspecified atom stereocenters. The number of ether oxygens (including phenoxy) is 3. The molecule has 0 spiro atoms. The number of hydrogen-bond donors (Lipinski definition) is 1. The quantitative estimate of drug-likeness (QED) is 0.832. The highest BCUT2D eigenvalue weighted by molar-refractivity contribution is 5.75. The predicted octanol–water partition coefficient (Wildman–Crippen LogP) is 1.74.